The van der Waals surface area contributed by atoms with Gasteiger partial charge >= 0.3 is 0 Å². The Morgan fingerprint density at radius 1 is 1.09 bits per heavy atom. The van der Waals surface area contributed by atoms with E-state index in [-0.39, 0.29) is 0 Å². The van der Waals surface area contributed by atoms with Crippen molar-refractivity contribution in [1.82, 2.24) is 9.38 Å². The van der Waals surface area contributed by atoms with Crippen molar-refractivity contribution >= 4 is 40.9 Å². The zero-order chi connectivity index (χ0) is 15.7. The van der Waals surface area contributed by atoms with E-state index in [0.717, 1.165) is 11.6 Å². The fourth-order valence-corrected chi connectivity index (χ4v) is 2.45. The van der Waals surface area contributed by atoms with Crippen molar-refractivity contribution in [2.75, 3.05) is 0 Å². The van der Waals surface area contributed by atoms with Crippen molar-refractivity contribution in [1.29, 1.82) is 0 Å². The standard InChI is InChI=1S/C16H10Cl2N2O2/c17-11-3-1-10(2-4-11)16-13(6-8-15(21)22)20-9-12(18)5-7-14(20)19-16/h1-9H,(H,21,22)/p-1/b8-6+. The van der Waals surface area contributed by atoms with Crippen LogP contribution in [0.5, 0.6) is 0 Å². The maximum absolute atomic E-state index is 10.7. The minimum Gasteiger partial charge on any atom is -0.545 e. The van der Waals surface area contributed by atoms with Crippen LogP contribution in [-0.2, 0) is 4.79 Å². The predicted octanol–water partition coefficient (Wildman–Crippen LogP) is 3.07. The summed E-state index contributed by atoms with van der Waals surface area (Å²) in [6, 6.07) is 10.6. The molecule has 0 aliphatic rings. The molecule has 0 fully saturated rings. The molecule has 0 atom stereocenters. The third kappa shape index (κ3) is 2.84. The number of carboxylic acids is 1. The van der Waals surface area contributed by atoms with Gasteiger partial charge < -0.3 is 9.90 Å². The number of aliphatic carboxylic acids is 1. The van der Waals surface area contributed by atoms with Crippen molar-refractivity contribution in [2.45, 2.75) is 0 Å². The quantitative estimate of drug-likeness (QED) is 0.693. The first-order valence-electron chi connectivity index (χ1n) is 6.37. The van der Waals surface area contributed by atoms with E-state index >= 15 is 0 Å². The van der Waals surface area contributed by atoms with Gasteiger partial charge in [-0.25, -0.2) is 4.98 Å². The second-order valence-corrected chi connectivity index (χ2v) is 5.45. The number of carbonyl (C=O) groups excluding carboxylic acids is 1. The number of hydrogen-bond donors (Lipinski definition) is 0. The van der Waals surface area contributed by atoms with Crippen molar-refractivity contribution in [3.05, 3.63) is 64.4 Å². The molecule has 3 rings (SSSR count). The van der Waals surface area contributed by atoms with Crippen molar-refractivity contribution in [3.8, 4) is 11.3 Å². The Kier molecular flexibility index (Phi) is 3.88. The van der Waals surface area contributed by atoms with E-state index in [9.17, 15) is 9.90 Å². The molecular formula is C16H9Cl2N2O2-. The molecule has 0 amide bonds. The summed E-state index contributed by atoms with van der Waals surface area (Å²) in [5.74, 6) is -1.28. The normalized spacial score (nSPS) is 11.4. The number of rotatable bonds is 3. The predicted molar refractivity (Wildman–Crippen MR) is 84.7 cm³/mol. The van der Waals surface area contributed by atoms with Crippen LogP contribution in [0.4, 0.5) is 0 Å². The van der Waals surface area contributed by atoms with Crippen molar-refractivity contribution in [3.63, 3.8) is 0 Å². The van der Waals surface area contributed by atoms with Crippen LogP contribution in [0.1, 0.15) is 5.69 Å². The molecule has 0 saturated carbocycles. The topological polar surface area (TPSA) is 57.4 Å². The minimum absolute atomic E-state index is 0.524. The molecule has 0 radical (unpaired) electrons. The van der Waals surface area contributed by atoms with Gasteiger partial charge in [0.15, 0.2) is 0 Å². The lowest BCUT2D eigenvalue weighted by molar-refractivity contribution is -0.297. The molecule has 2 aromatic heterocycles. The first-order chi connectivity index (χ1) is 10.5. The Morgan fingerprint density at radius 3 is 2.45 bits per heavy atom. The molecule has 4 nitrogen and oxygen atoms in total. The Morgan fingerprint density at radius 2 is 1.77 bits per heavy atom. The average Bonchev–Trinajstić information content (AvgIpc) is 2.83. The average molecular weight is 332 g/mol. The lowest BCUT2D eigenvalue weighted by atomic mass is 10.1. The van der Waals surface area contributed by atoms with Gasteiger partial charge in [0.05, 0.1) is 22.4 Å². The van der Waals surface area contributed by atoms with Crippen molar-refractivity contribution in [2.24, 2.45) is 0 Å². The van der Waals surface area contributed by atoms with E-state index in [2.05, 4.69) is 4.98 Å². The number of carboxylic acid groups (broad SMARTS) is 1. The van der Waals surface area contributed by atoms with E-state index in [1.165, 1.54) is 6.08 Å². The van der Waals surface area contributed by atoms with Gasteiger partial charge in [-0.05, 0) is 36.4 Å². The molecule has 0 N–H and O–H groups in total. The minimum atomic E-state index is -1.28. The third-order valence-electron chi connectivity index (χ3n) is 3.11. The molecule has 22 heavy (non-hydrogen) atoms. The summed E-state index contributed by atoms with van der Waals surface area (Å²) in [5, 5.41) is 11.9. The number of aromatic nitrogens is 2. The van der Waals surface area contributed by atoms with E-state index in [0.29, 0.717) is 27.1 Å². The molecule has 0 aliphatic carbocycles. The van der Waals surface area contributed by atoms with Crippen LogP contribution in [-0.4, -0.2) is 15.4 Å². The zero-order valence-corrected chi connectivity index (χ0v) is 12.7. The smallest absolute Gasteiger partial charge is 0.138 e. The van der Waals surface area contributed by atoms with E-state index in [4.69, 9.17) is 23.2 Å². The molecule has 0 unspecified atom stereocenters. The molecule has 0 bridgehead atoms. The number of fused-ring (bicyclic) bond motifs is 1. The molecular weight excluding hydrogens is 323 g/mol. The van der Waals surface area contributed by atoms with Crippen LogP contribution >= 0.6 is 23.2 Å². The highest BCUT2D eigenvalue weighted by Crippen LogP contribution is 2.27. The number of pyridine rings is 1. The molecule has 0 saturated heterocycles. The first kappa shape index (κ1) is 14.6. The van der Waals surface area contributed by atoms with Gasteiger partial charge in [-0.1, -0.05) is 35.3 Å². The molecule has 1 aromatic carbocycles. The lowest BCUT2D eigenvalue weighted by Gasteiger charge is -2.02. The van der Waals surface area contributed by atoms with Gasteiger partial charge in [0.25, 0.3) is 0 Å². The fourth-order valence-electron chi connectivity index (χ4n) is 2.16. The second-order valence-electron chi connectivity index (χ2n) is 4.58. The van der Waals surface area contributed by atoms with E-state index in [1.807, 2.05) is 12.1 Å². The Bertz CT molecular complexity index is 883. The second kappa shape index (κ2) is 5.83. The van der Waals surface area contributed by atoms with Gasteiger partial charge in [0.1, 0.15) is 5.65 Å². The maximum atomic E-state index is 10.7. The molecule has 0 spiro atoms. The third-order valence-corrected chi connectivity index (χ3v) is 3.59. The number of halogens is 2. The number of imidazole rings is 1. The number of benzene rings is 1. The van der Waals surface area contributed by atoms with E-state index in [1.54, 1.807) is 34.9 Å². The number of nitrogens with zero attached hydrogens (tertiary/aromatic N) is 2. The first-order valence-corrected chi connectivity index (χ1v) is 7.13. The van der Waals surface area contributed by atoms with Gasteiger partial charge in [0.2, 0.25) is 0 Å². The highest BCUT2D eigenvalue weighted by Gasteiger charge is 2.12. The Balaban J connectivity index is 2.26. The highest BCUT2D eigenvalue weighted by molar-refractivity contribution is 6.30. The number of hydrogen-bond acceptors (Lipinski definition) is 3. The molecule has 110 valence electrons. The summed E-state index contributed by atoms with van der Waals surface area (Å²) in [4.78, 5) is 15.2. The summed E-state index contributed by atoms with van der Waals surface area (Å²) in [7, 11) is 0. The summed E-state index contributed by atoms with van der Waals surface area (Å²) in [6.45, 7) is 0. The van der Waals surface area contributed by atoms with Crippen LogP contribution in [0, 0.1) is 0 Å². The van der Waals surface area contributed by atoms with Crippen LogP contribution in [0.25, 0.3) is 23.0 Å². The van der Waals surface area contributed by atoms with Crippen molar-refractivity contribution < 1.29 is 9.90 Å². The van der Waals surface area contributed by atoms with E-state index < -0.39 is 5.97 Å². The fraction of sp³-hybridized carbons (Fsp3) is 0. The molecule has 6 heteroatoms. The number of carbonyl (C=O) groups is 1. The SMILES string of the molecule is O=C([O-])/C=C/c1c(-c2ccc(Cl)cc2)nc2ccc(Cl)cn12. The molecule has 0 aliphatic heterocycles. The Labute approximate surface area is 136 Å². The summed E-state index contributed by atoms with van der Waals surface area (Å²) < 4.78 is 1.73. The van der Waals surface area contributed by atoms with Gasteiger partial charge in [-0.15, -0.1) is 0 Å². The molecule has 2 heterocycles. The van der Waals surface area contributed by atoms with Gasteiger partial charge in [-0.3, -0.25) is 4.40 Å². The zero-order valence-electron chi connectivity index (χ0n) is 11.2. The lowest BCUT2D eigenvalue weighted by Crippen LogP contribution is -2.18. The summed E-state index contributed by atoms with van der Waals surface area (Å²) >= 11 is 11.9. The summed E-state index contributed by atoms with van der Waals surface area (Å²) in [6.07, 6.45) is 4.08. The van der Waals surface area contributed by atoms with Crippen LogP contribution < -0.4 is 5.11 Å². The highest BCUT2D eigenvalue weighted by atomic mass is 35.5. The van der Waals surface area contributed by atoms with Crippen LogP contribution in [0.15, 0.2) is 48.7 Å². The Hall–Kier alpha value is -2.30. The summed E-state index contributed by atoms with van der Waals surface area (Å²) in [5.41, 5.74) is 2.72. The van der Waals surface area contributed by atoms with Gasteiger partial charge in [0, 0.05) is 16.8 Å². The monoisotopic (exact) mass is 331 g/mol. The van der Waals surface area contributed by atoms with Crippen LogP contribution in [0.2, 0.25) is 10.0 Å². The van der Waals surface area contributed by atoms with Gasteiger partial charge in [-0.2, -0.15) is 0 Å². The van der Waals surface area contributed by atoms with Crippen LogP contribution in [0.3, 0.4) is 0 Å². The largest absolute Gasteiger partial charge is 0.545 e. The molecule has 3 aromatic rings. The maximum Gasteiger partial charge on any atom is 0.138 e.